The van der Waals surface area contributed by atoms with Gasteiger partial charge in [0.25, 0.3) is 17.0 Å². The van der Waals surface area contributed by atoms with Gasteiger partial charge < -0.3 is 28.9 Å². The summed E-state index contributed by atoms with van der Waals surface area (Å²) in [4.78, 5) is 44.3. The van der Waals surface area contributed by atoms with E-state index in [0.717, 1.165) is 49.5 Å². The Morgan fingerprint density at radius 3 is 2.38 bits per heavy atom. The van der Waals surface area contributed by atoms with Gasteiger partial charge in [-0.2, -0.15) is 0 Å². The Hall–Kier alpha value is -5.61. The van der Waals surface area contributed by atoms with Gasteiger partial charge in [0.05, 0.1) is 14.2 Å². The number of benzene rings is 3. The largest absolute Gasteiger partial charge is 0.493 e. The van der Waals surface area contributed by atoms with Gasteiger partial charge in [0.2, 0.25) is 0 Å². The molecule has 0 fully saturated rings. The van der Waals surface area contributed by atoms with E-state index in [1.807, 2.05) is 54.3 Å². The highest BCUT2D eigenvalue weighted by atomic mass is 16.5. The number of aromatic amines is 1. The SMILES string of the molecule is COc1cc2c(cc1OC)CN(CCc1ccc(NC(=O)c3cccc(C=c4[nH]c(=O)c(=Cc5ccn(C)c5)n(C)c4=O)c3)cc1)CC2. The lowest BCUT2D eigenvalue weighted by atomic mass is 9.98. The molecule has 1 aliphatic rings. The summed E-state index contributed by atoms with van der Waals surface area (Å²) in [6.07, 6.45) is 8.84. The number of H-pyrrole nitrogens is 1. The fraction of sp³-hybridized carbons (Fsp3) is 0.237. The van der Waals surface area contributed by atoms with Gasteiger partial charge in [-0.1, -0.05) is 24.3 Å². The maximum Gasteiger partial charge on any atom is 0.274 e. The molecule has 0 saturated carbocycles. The first kappa shape index (κ1) is 32.3. The summed E-state index contributed by atoms with van der Waals surface area (Å²) in [7, 11) is 6.78. The van der Waals surface area contributed by atoms with E-state index < -0.39 is 0 Å². The predicted octanol–water partition coefficient (Wildman–Crippen LogP) is 2.94. The van der Waals surface area contributed by atoms with Crippen molar-refractivity contribution in [3.05, 3.63) is 144 Å². The van der Waals surface area contributed by atoms with Crippen LogP contribution in [0.1, 0.15) is 38.2 Å². The molecule has 0 atom stereocenters. The highest BCUT2D eigenvalue weighted by Gasteiger charge is 2.19. The van der Waals surface area contributed by atoms with Crippen LogP contribution < -0.4 is 36.6 Å². The first-order valence-corrected chi connectivity index (χ1v) is 15.8. The van der Waals surface area contributed by atoms with Crippen LogP contribution in [0.25, 0.3) is 12.2 Å². The molecule has 2 aromatic heterocycles. The number of carbonyl (C=O) groups is 1. The summed E-state index contributed by atoms with van der Waals surface area (Å²) in [5.41, 5.74) is 5.58. The van der Waals surface area contributed by atoms with Crippen LogP contribution >= 0.6 is 0 Å². The highest BCUT2D eigenvalue weighted by Crippen LogP contribution is 2.33. The number of carbonyl (C=O) groups excluding carboxylic acids is 1. The molecule has 1 aliphatic heterocycles. The number of nitrogens with zero attached hydrogens (tertiary/aromatic N) is 3. The zero-order chi connectivity index (χ0) is 33.8. The highest BCUT2D eigenvalue weighted by molar-refractivity contribution is 6.04. The van der Waals surface area contributed by atoms with Crippen molar-refractivity contribution in [2.24, 2.45) is 14.1 Å². The Morgan fingerprint density at radius 1 is 0.917 bits per heavy atom. The molecule has 2 N–H and O–H groups in total. The van der Waals surface area contributed by atoms with Crippen molar-refractivity contribution in [2.75, 3.05) is 32.6 Å². The molecule has 3 heterocycles. The van der Waals surface area contributed by atoms with Crippen molar-refractivity contribution in [1.29, 1.82) is 0 Å². The summed E-state index contributed by atoms with van der Waals surface area (Å²) >= 11 is 0. The van der Waals surface area contributed by atoms with Gasteiger partial charge in [-0.25, -0.2) is 0 Å². The quantitative estimate of drug-likeness (QED) is 0.255. The number of nitrogens with one attached hydrogen (secondary N) is 2. The third-order valence-electron chi connectivity index (χ3n) is 8.72. The fourth-order valence-electron chi connectivity index (χ4n) is 6.02. The van der Waals surface area contributed by atoms with Crippen molar-refractivity contribution in [2.45, 2.75) is 19.4 Å². The molecule has 10 nitrogen and oxygen atoms in total. The van der Waals surface area contributed by atoms with Crippen molar-refractivity contribution >= 4 is 23.7 Å². The minimum absolute atomic E-state index is 0.134. The van der Waals surface area contributed by atoms with Crippen LogP contribution in [-0.4, -0.2) is 52.2 Å². The minimum Gasteiger partial charge on any atom is -0.493 e. The second-order valence-corrected chi connectivity index (χ2v) is 12.0. The normalized spacial score (nSPS) is 13.8. The summed E-state index contributed by atoms with van der Waals surface area (Å²) in [5.74, 6) is 1.25. The van der Waals surface area contributed by atoms with Crippen molar-refractivity contribution in [3.63, 3.8) is 0 Å². The van der Waals surface area contributed by atoms with Gasteiger partial charge >= 0.3 is 0 Å². The van der Waals surface area contributed by atoms with Crippen LogP contribution in [0.4, 0.5) is 5.69 Å². The lowest BCUT2D eigenvalue weighted by Gasteiger charge is -2.29. The molecule has 1 amide bonds. The maximum atomic E-state index is 13.1. The molecule has 0 radical (unpaired) electrons. The zero-order valence-corrected chi connectivity index (χ0v) is 27.6. The Bertz CT molecular complexity index is 2210. The molecule has 10 heteroatoms. The lowest BCUT2D eigenvalue weighted by Crippen LogP contribution is -2.52. The number of aromatic nitrogens is 3. The van der Waals surface area contributed by atoms with Crippen LogP contribution in [-0.2, 0) is 33.5 Å². The molecule has 5 aromatic rings. The van der Waals surface area contributed by atoms with Crippen LogP contribution in [0, 0.1) is 0 Å². The molecular weight excluding hydrogens is 606 g/mol. The standard InChI is InChI=1S/C38H39N5O5/c1-41-15-12-27(23-41)20-33-37(45)40-32(38(46)42(33)2)19-26-6-5-7-29(18-26)36(44)39-31-10-8-25(9-11-31)13-16-43-17-14-28-21-34(47-3)35(48-4)22-30(28)24-43/h5-12,15,18-23H,13-14,16-17,24H2,1-4H3,(H,39,44)(H,40,45). The Morgan fingerprint density at radius 2 is 1.67 bits per heavy atom. The van der Waals surface area contributed by atoms with E-state index >= 15 is 0 Å². The molecular formula is C38H39N5O5. The van der Waals surface area contributed by atoms with E-state index in [9.17, 15) is 14.4 Å². The van der Waals surface area contributed by atoms with Crippen molar-refractivity contribution < 1.29 is 14.3 Å². The zero-order valence-electron chi connectivity index (χ0n) is 27.6. The topological polar surface area (TPSA) is 111 Å². The minimum atomic E-state index is -0.382. The number of amides is 1. The fourth-order valence-corrected chi connectivity index (χ4v) is 6.02. The smallest absolute Gasteiger partial charge is 0.274 e. The molecule has 48 heavy (non-hydrogen) atoms. The average molecular weight is 646 g/mol. The third-order valence-corrected chi connectivity index (χ3v) is 8.72. The molecule has 0 unspecified atom stereocenters. The van der Waals surface area contributed by atoms with Crippen molar-refractivity contribution in [3.8, 4) is 11.5 Å². The van der Waals surface area contributed by atoms with E-state index in [0.29, 0.717) is 16.8 Å². The number of aryl methyl sites for hydroxylation is 1. The van der Waals surface area contributed by atoms with Gasteiger partial charge in [0, 0.05) is 57.4 Å². The Kier molecular flexibility index (Phi) is 9.45. The second kappa shape index (κ2) is 14.0. The summed E-state index contributed by atoms with van der Waals surface area (Å²) < 4.78 is 14.2. The monoisotopic (exact) mass is 645 g/mol. The van der Waals surface area contributed by atoms with E-state index in [2.05, 4.69) is 27.3 Å². The Balaban J connectivity index is 1.09. The average Bonchev–Trinajstić information content (AvgIpc) is 3.52. The first-order valence-electron chi connectivity index (χ1n) is 15.8. The molecule has 0 saturated heterocycles. The first-order chi connectivity index (χ1) is 23.2. The van der Waals surface area contributed by atoms with Gasteiger partial charge in [-0.3, -0.25) is 19.3 Å². The molecule has 0 bridgehead atoms. The Labute approximate surface area is 278 Å². The third kappa shape index (κ3) is 7.19. The summed E-state index contributed by atoms with van der Waals surface area (Å²) in [6, 6.07) is 20.9. The molecule has 246 valence electrons. The van der Waals surface area contributed by atoms with E-state index in [1.165, 1.54) is 21.3 Å². The van der Waals surface area contributed by atoms with Crippen LogP contribution in [0.15, 0.2) is 88.7 Å². The van der Waals surface area contributed by atoms with E-state index in [4.69, 9.17) is 9.47 Å². The van der Waals surface area contributed by atoms with Gasteiger partial charge in [-0.15, -0.1) is 0 Å². The van der Waals surface area contributed by atoms with Gasteiger partial charge in [0.15, 0.2) is 11.5 Å². The predicted molar refractivity (Wildman–Crippen MR) is 187 cm³/mol. The number of fused-ring (bicyclic) bond motifs is 1. The van der Waals surface area contributed by atoms with Crippen LogP contribution in [0.2, 0.25) is 0 Å². The summed E-state index contributed by atoms with van der Waals surface area (Å²) in [6.45, 7) is 2.77. The van der Waals surface area contributed by atoms with Crippen molar-refractivity contribution in [1.82, 2.24) is 19.0 Å². The van der Waals surface area contributed by atoms with Crippen LogP contribution in [0.3, 0.4) is 0 Å². The molecule has 0 spiro atoms. The summed E-state index contributed by atoms with van der Waals surface area (Å²) in [5, 5.41) is 3.35. The number of hydrogen-bond acceptors (Lipinski definition) is 6. The van der Waals surface area contributed by atoms with Gasteiger partial charge in [0.1, 0.15) is 10.7 Å². The number of rotatable bonds is 9. The number of ether oxygens (including phenoxy) is 2. The molecule has 0 aliphatic carbocycles. The number of anilines is 1. The lowest BCUT2D eigenvalue weighted by molar-refractivity contribution is 0.102. The molecule has 3 aromatic carbocycles. The van der Waals surface area contributed by atoms with Crippen LogP contribution in [0.5, 0.6) is 11.5 Å². The number of hydrogen-bond donors (Lipinski definition) is 2. The van der Waals surface area contributed by atoms with E-state index in [1.54, 1.807) is 57.7 Å². The van der Waals surface area contributed by atoms with E-state index in [-0.39, 0.29) is 27.7 Å². The second-order valence-electron chi connectivity index (χ2n) is 12.0. The maximum absolute atomic E-state index is 13.1. The molecule has 6 rings (SSSR count). The number of methoxy groups -OCH3 is 2. The van der Waals surface area contributed by atoms with Gasteiger partial charge in [-0.05, 0) is 95.3 Å².